The number of rotatable bonds is 4. The van der Waals surface area contributed by atoms with Crippen molar-refractivity contribution in [3.63, 3.8) is 0 Å². The lowest BCUT2D eigenvalue weighted by atomic mass is 9.85. The highest BCUT2D eigenvalue weighted by Crippen LogP contribution is 2.38. The molecule has 2 fully saturated rings. The van der Waals surface area contributed by atoms with Gasteiger partial charge in [0.05, 0.1) is 22.9 Å². The molecule has 1 aromatic heterocycles. The second-order valence-electron chi connectivity index (χ2n) is 7.42. The van der Waals surface area contributed by atoms with Crippen molar-refractivity contribution in [2.75, 3.05) is 23.7 Å². The van der Waals surface area contributed by atoms with E-state index >= 15 is 0 Å². The van der Waals surface area contributed by atoms with Gasteiger partial charge in [-0.05, 0) is 32.1 Å². The molecule has 1 amide bonds. The van der Waals surface area contributed by atoms with Crippen LogP contribution in [0.25, 0.3) is 0 Å². The molecule has 1 aliphatic heterocycles. The van der Waals surface area contributed by atoms with E-state index in [9.17, 15) is 32.5 Å². The summed E-state index contributed by atoms with van der Waals surface area (Å²) >= 11 is 0. The Labute approximate surface area is 163 Å². The van der Waals surface area contributed by atoms with Gasteiger partial charge in [0.25, 0.3) is 5.91 Å². The number of anilines is 2. The molecule has 0 unspecified atom stereocenters. The van der Waals surface area contributed by atoms with Gasteiger partial charge < -0.3 is 16.0 Å². The Bertz CT molecular complexity index is 796. The highest BCUT2D eigenvalue weighted by Gasteiger charge is 2.41. The molecule has 8 nitrogen and oxygen atoms in total. The number of alkyl halides is 4. The number of nitrogens with one attached hydrogen (secondary N) is 1. The van der Waals surface area contributed by atoms with Crippen molar-refractivity contribution in [3.8, 4) is 0 Å². The van der Waals surface area contributed by atoms with E-state index in [-0.39, 0.29) is 56.6 Å². The van der Waals surface area contributed by atoms with Crippen molar-refractivity contribution < 1.29 is 27.3 Å². The number of hydrogen-bond donors (Lipinski definition) is 2. The summed E-state index contributed by atoms with van der Waals surface area (Å²) in [5, 5.41) is 13.8. The first kappa shape index (κ1) is 21.1. The zero-order chi connectivity index (χ0) is 21.3. The Hall–Kier alpha value is -2.66. The summed E-state index contributed by atoms with van der Waals surface area (Å²) in [5.41, 5.74) is 4.92. The standard InChI is InChI=1S/C17H21F4N5O3/c18-10-5-6-25(8-10)15-12(7-13(26(28)29)14(22)24-15)16(27)23-11-3-1-9(2-4-11)17(19,20)21/h7,9-11H,1-6,8H2,(H2,22,24)(H,23,27)/t9?,10-,11?/m1/s1. The molecule has 0 spiro atoms. The normalized spacial score (nSPS) is 25.1. The number of nitrogen functional groups attached to an aromatic ring is 1. The minimum Gasteiger partial charge on any atom is -0.378 e. The number of pyridine rings is 1. The molecular weight excluding hydrogens is 398 g/mol. The first-order chi connectivity index (χ1) is 13.6. The first-order valence-electron chi connectivity index (χ1n) is 9.27. The molecule has 0 aromatic carbocycles. The van der Waals surface area contributed by atoms with Gasteiger partial charge in [-0.3, -0.25) is 14.9 Å². The molecule has 29 heavy (non-hydrogen) atoms. The Morgan fingerprint density at radius 3 is 2.45 bits per heavy atom. The fourth-order valence-electron chi connectivity index (χ4n) is 3.80. The van der Waals surface area contributed by atoms with Gasteiger partial charge in [-0.15, -0.1) is 0 Å². The van der Waals surface area contributed by atoms with Crippen molar-refractivity contribution in [1.29, 1.82) is 0 Å². The maximum Gasteiger partial charge on any atom is 0.391 e. The summed E-state index contributed by atoms with van der Waals surface area (Å²) in [6.07, 6.45) is -5.07. The Morgan fingerprint density at radius 2 is 1.93 bits per heavy atom. The summed E-state index contributed by atoms with van der Waals surface area (Å²) in [6.45, 7) is 0.240. The second-order valence-corrected chi connectivity index (χ2v) is 7.42. The van der Waals surface area contributed by atoms with Crippen molar-refractivity contribution in [2.24, 2.45) is 5.92 Å². The van der Waals surface area contributed by atoms with Crippen LogP contribution in [-0.4, -0.2) is 47.3 Å². The Morgan fingerprint density at radius 1 is 1.28 bits per heavy atom. The van der Waals surface area contributed by atoms with Gasteiger partial charge in [-0.25, -0.2) is 9.37 Å². The molecule has 1 aromatic rings. The topological polar surface area (TPSA) is 114 Å². The van der Waals surface area contributed by atoms with Crippen LogP contribution in [0, 0.1) is 16.0 Å². The van der Waals surface area contributed by atoms with Gasteiger partial charge in [0.1, 0.15) is 12.0 Å². The third kappa shape index (κ3) is 4.67. The van der Waals surface area contributed by atoms with E-state index in [2.05, 4.69) is 10.3 Å². The average molecular weight is 419 g/mol. The molecule has 0 bridgehead atoms. The summed E-state index contributed by atoms with van der Waals surface area (Å²) in [7, 11) is 0. The number of nitro groups is 1. The molecule has 3 rings (SSSR count). The van der Waals surface area contributed by atoms with Crippen LogP contribution in [0.15, 0.2) is 6.07 Å². The molecule has 1 atom stereocenters. The fraction of sp³-hybridized carbons (Fsp3) is 0.647. The van der Waals surface area contributed by atoms with Crippen LogP contribution < -0.4 is 16.0 Å². The molecular formula is C17H21F4N5O3. The van der Waals surface area contributed by atoms with Gasteiger partial charge in [0.15, 0.2) is 0 Å². The number of halogens is 4. The van der Waals surface area contributed by atoms with E-state index in [0.717, 1.165) is 6.07 Å². The Kier molecular flexibility index (Phi) is 5.80. The van der Waals surface area contributed by atoms with Crippen LogP contribution in [0.1, 0.15) is 42.5 Å². The van der Waals surface area contributed by atoms with Gasteiger partial charge in [-0.2, -0.15) is 13.2 Å². The van der Waals surface area contributed by atoms with E-state index in [1.54, 1.807) is 0 Å². The van der Waals surface area contributed by atoms with Crippen molar-refractivity contribution in [3.05, 3.63) is 21.7 Å². The van der Waals surface area contributed by atoms with Crippen molar-refractivity contribution in [1.82, 2.24) is 10.3 Å². The van der Waals surface area contributed by atoms with Crippen LogP contribution in [0.4, 0.5) is 34.9 Å². The number of nitrogens with zero attached hydrogens (tertiary/aromatic N) is 3. The summed E-state index contributed by atoms with van der Waals surface area (Å²) in [5.74, 6) is -2.45. The second kappa shape index (κ2) is 7.99. The lowest BCUT2D eigenvalue weighted by molar-refractivity contribution is -0.384. The number of carbonyl (C=O) groups excluding carboxylic acids is 1. The predicted octanol–water partition coefficient (Wildman–Crippen LogP) is 2.97. The van der Waals surface area contributed by atoms with Crippen LogP contribution in [0.5, 0.6) is 0 Å². The fourth-order valence-corrected chi connectivity index (χ4v) is 3.80. The first-order valence-corrected chi connectivity index (χ1v) is 9.27. The zero-order valence-corrected chi connectivity index (χ0v) is 15.4. The van der Waals surface area contributed by atoms with Crippen LogP contribution in [0.2, 0.25) is 0 Å². The van der Waals surface area contributed by atoms with Gasteiger partial charge in [0.2, 0.25) is 5.82 Å². The third-order valence-electron chi connectivity index (χ3n) is 5.41. The number of nitrogens with two attached hydrogens (primary N) is 1. The van der Waals surface area contributed by atoms with Gasteiger partial charge in [0, 0.05) is 18.7 Å². The maximum atomic E-state index is 13.6. The SMILES string of the molecule is Nc1nc(N2CC[C@@H](F)C2)c(C(=O)NC2CCC(C(F)(F)F)CC2)cc1[N+](=O)[O-]. The lowest BCUT2D eigenvalue weighted by Gasteiger charge is -2.30. The smallest absolute Gasteiger partial charge is 0.378 e. The summed E-state index contributed by atoms with van der Waals surface area (Å²) < 4.78 is 52.0. The van der Waals surface area contributed by atoms with Crippen LogP contribution >= 0.6 is 0 Å². The molecule has 12 heteroatoms. The highest BCUT2D eigenvalue weighted by atomic mass is 19.4. The number of hydrogen-bond acceptors (Lipinski definition) is 6. The number of amides is 1. The number of carbonyl (C=O) groups is 1. The van der Waals surface area contributed by atoms with E-state index in [4.69, 9.17) is 5.73 Å². The average Bonchev–Trinajstić information content (AvgIpc) is 3.07. The van der Waals surface area contributed by atoms with Crippen molar-refractivity contribution in [2.45, 2.75) is 50.5 Å². The number of aromatic nitrogens is 1. The van der Waals surface area contributed by atoms with Crippen LogP contribution in [-0.2, 0) is 0 Å². The lowest BCUT2D eigenvalue weighted by Crippen LogP contribution is -2.40. The van der Waals surface area contributed by atoms with Crippen LogP contribution in [0.3, 0.4) is 0 Å². The maximum absolute atomic E-state index is 13.6. The zero-order valence-electron chi connectivity index (χ0n) is 15.4. The van der Waals surface area contributed by atoms with Gasteiger partial charge >= 0.3 is 11.9 Å². The van der Waals surface area contributed by atoms with Crippen molar-refractivity contribution >= 4 is 23.2 Å². The largest absolute Gasteiger partial charge is 0.391 e. The minimum absolute atomic E-state index is 0.0266. The Balaban J connectivity index is 1.80. The molecule has 2 heterocycles. The molecule has 160 valence electrons. The molecule has 3 N–H and O–H groups in total. The molecule has 1 saturated heterocycles. The van der Waals surface area contributed by atoms with Gasteiger partial charge in [-0.1, -0.05) is 0 Å². The quantitative estimate of drug-likeness (QED) is 0.441. The van der Waals surface area contributed by atoms with E-state index in [0.29, 0.717) is 0 Å². The molecule has 0 radical (unpaired) electrons. The molecule has 2 aliphatic rings. The summed E-state index contributed by atoms with van der Waals surface area (Å²) in [6, 6.07) is 0.498. The monoisotopic (exact) mass is 419 g/mol. The van der Waals surface area contributed by atoms with E-state index < -0.39 is 46.6 Å². The highest BCUT2D eigenvalue weighted by molar-refractivity contribution is 6.00. The minimum atomic E-state index is -4.26. The summed E-state index contributed by atoms with van der Waals surface area (Å²) in [4.78, 5) is 28.6. The third-order valence-corrected chi connectivity index (χ3v) is 5.41. The molecule has 1 saturated carbocycles. The predicted molar refractivity (Wildman–Crippen MR) is 96.3 cm³/mol. The molecule has 1 aliphatic carbocycles. The van der Waals surface area contributed by atoms with E-state index in [1.165, 1.54) is 4.90 Å². The van der Waals surface area contributed by atoms with E-state index in [1.807, 2.05) is 0 Å².